The van der Waals surface area contributed by atoms with E-state index in [4.69, 9.17) is 28.3 Å². The Kier molecular flexibility index (Phi) is 9.81. The molecule has 0 atom stereocenters. The number of benzene rings is 1. The molecule has 2 N–H and O–H groups in total. The summed E-state index contributed by atoms with van der Waals surface area (Å²) in [4.78, 5) is 2.54. The fourth-order valence-corrected chi connectivity index (χ4v) is 4.71. The molecule has 0 radical (unpaired) electrons. The average Bonchev–Trinajstić information content (AvgIpc) is 3.24. The standard InChI is InChI=1S/C27H38Cl2N4O/c1-5-20(2)21(11-10-14-30-15-18-32-16-7-6-8-17-32)24-19-25(27(3,4)34)31-33(24)26-22(28)12-9-13-23(26)29/h9-13,19,30,34H,5-8,14-18H2,1-4H3/b11-10-,21-20+. The van der Waals surface area contributed by atoms with Gasteiger partial charge < -0.3 is 15.3 Å². The first-order chi connectivity index (χ1) is 16.2. The second-order valence-corrected chi connectivity index (χ2v) is 10.3. The molecular formula is C27H38Cl2N4O. The van der Waals surface area contributed by atoms with Gasteiger partial charge in [-0.2, -0.15) is 5.10 Å². The number of hydrogen-bond donors (Lipinski definition) is 2. The maximum absolute atomic E-state index is 10.7. The van der Waals surface area contributed by atoms with Gasteiger partial charge in [-0.05, 0) is 76.9 Å². The number of likely N-dealkylation sites (tertiary alicyclic amines) is 1. The normalized spacial score (nSPS) is 16.3. The SMILES string of the molecule is CC/C(C)=C(\C=C/CNCCN1CCCCC1)c1cc(C(C)(C)O)nn1-c1c(Cl)cccc1Cl. The smallest absolute Gasteiger partial charge is 0.103 e. The summed E-state index contributed by atoms with van der Waals surface area (Å²) in [5, 5.41) is 20.0. The molecule has 0 aliphatic carbocycles. The van der Waals surface area contributed by atoms with Gasteiger partial charge in [-0.15, -0.1) is 0 Å². The van der Waals surface area contributed by atoms with Crippen LogP contribution in [0.25, 0.3) is 11.3 Å². The minimum Gasteiger partial charge on any atom is -0.384 e. The van der Waals surface area contributed by atoms with Crippen molar-refractivity contribution in [2.75, 3.05) is 32.7 Å². The number of nitrogens with one attached hydrogen (secondary N) is 1. The quantitative estimate of drug-likeness (QED) is 0.297. The largest absolute Gasteiger partial charge is 0.384 e. The summed E-state index contributed by atoms with van der Waals surface area (Å²) in [6, 6.07) is 7.35. The van der Waals surface area contributed by atoms with Crippen molar-refractivity contribution in [2.24, 2.45) is 0 Å². The van der Waals surface area contributed by atoms with Crippen LogP contribution >= 0.6 is 23.2 Å². The molecule has 0 unspecified atom stereocenters. The van der Waals surface area contributed by atoms with Crippen molar-refractivity contribution < 1.29 is 5.11 Å². The minimum atomic E-state index is -1.10. The van der Waals surface area contributed by atoms with Crippen LogP contribution in [0.4, 0.5) is 0 Å². The summed E-state index contributed by atoms with van der Waals surface area (Å²) in [5.41, 5.74) is 3.21. The summed E-state index contributed by atoms with van der Waals surface area (Å²) in [6.07, 6.45) is 9.18. The molecule has 0 bridgehead atoms. The van der Waals surface area contributed by atoms with Gasteiger partial charge >= 0.3 is 0 Å². The highest BCUT2D eigenvalue weighted by Gasteiger charge is 2.25. The molecule has 3 rings (SSSR count). The summed E-state index contributed by atoms with van der Waals surface area (Å²) in [7, 11) is 0. The molecule has 2 heterocycles. The van der Waals surface area contributed by atoms with Crippen LogP contribution in [-0.2, 0) is 5.60 Å². The lowest BCUT2D eigenvalue weighted by Gasteiger charge is -2.26. The highest BCUT2D eigenvalue weighted by Crippen LogP contribution is 2.34. The molecule has 2 aromatic rings. The van der Waals surface area contributed by atoms with Crippen molar-refractivity contribution in [3.05, 3.63) is 63.4 Å². The zero-order valence-electron chi connectivity index (χ0n) is 20.9. The summed E-state index contributed by atoms with van der Waals surface area (Å²) < 4.78 is 1.76. The van der Waals surface area contributed by atoms with Gasteiger partial charge in [0.1, 0.15) is 11.3 Å². The number of hydrogen-bond acceptors (Lipinski definition) is 4. The van der Waals surface area contributed by atoms with Crippen LogP contribution < -0.4 is 5.32 Å². The Morgan fingerprint density at radius 2 is 1.85 bits per heavy atom. The second kappa shape index (κ2) is 12.4. The van der Waals surface area contributed by atoms with Gasteiger partial charge in [0.15, 0.2) is 0 Å². The van der Waals surface area contributed by atoms with E-state index in [1.54, 1.807) is 30.7 Å². The van der Waals surface area contributed by atoms with E-state index in [1.807, 2.05) is 12.1 Å². The van der Waals surface area contributed by atoms with Gasteiger partial charge in [-0.25, -0.2) is 4.68 Å². The highest BCUT2D eigenvalue weighted by molar-refractivity contribution is 6.37. The van der Waals surface area contributed by atoms with Gasteiger partial charge in [0.2, 0.25) is 0 Å². The Labute approximate surface area is 214 Å². The molecule has 1 aliphatic heterocycles. The van der Waals surface area contributed by atoms with E-state index in [-0.39, 0.29) is 0 Å². The number of rotatable bonds is 10. The number of para-hydroxylation sites is 1. The molecule has 1 saturated heterocycles. The molecular weight excluding hydrogens is 467 g/mol. The number of allylic oxidation sites excluding steroid dienone is 3. The monoisotopic (exact) mass is 504 g/mol. The first kappa shape index (κ1) is 27.0. The Balaban J connectivity index is 1.85. The van der Waals surface area contributed by atoms with Gasteiger partial charge in [-0.3, -0.25) is 0 Å². The molecule has 1 aromatic carbocycles. The van der Waals surface area contributed by atoms with Gasteiger partial charge in [0, 0.05) is 19.6 Å². The van der Waals surface area contributed by atoms with Crippen molar-refractivity contribution in [2.45, 2.75) is 59.0 Å². The third kappa shape index (κ3) is 6.96. The molecule has 186 valence electrons. The zero-order valence-corrected chi connectivity index (χ0v) is 22.4. The van der Waals surface area contributed by atoms with Crippen LogP contribution in [0.5, 0.6) is 0 Å². The van der Waals surface area contributed by atoms with Crippen LogP contribution in [0.1, 0.15) is 64.8 Å². The highest BCUT2D eigenvalue weighted by atomic mass is 35.5. The Hall–Kier alpha value is -1.63. The second-order valence-electron chi connectivity index (χ2n) is 9.51. The van der Waals surface area contributed by atoms with E-state index in [1.165, 1.54) is 37.9 Å². The average molecular weight is 506 g/mol. The molecule has 34 heavy (non-hydrogen) atoms. The first-order valence-corrected chi connectivity index (χ1v) is 13.0. The third-order valence-corrected chi connectivity index (χ3v) is 6.96. The molecule has 1 fully saturated rings. The maximum atomic E-state index is 10.7. The van der Waals surface area contributed by atoms with E-state index in [0.717, 1.165) is 37.3 Å². The van der Waals surface area contributed by atoms with Crippen molar-refractivity contribution >= 4 is 28.8 Å². The number of aliphatic hydroxyl groups is 1. The fourth-order valence-electron chi connectivity index (χ4n) is 4.15. The van der Waals surface area contributed by atoms with E-state index in [0.29, 0.717) is 21.4 Å². The van der Waals surface area contributed by atoms with Gasteiger partial charge in [0.25, 0.3) is 0 Å². The lowest BCUT2D eigenvalue weighted by atomic mass is 10.00. The number of aromatic nitrogens is 2. The molecule has 5 nitrogen and oxygen atoms in total. The van der Waals surface area contributed by atoms with Crippen molar-refractivity contribution in [3.63, 3.8) is 0 Å². The van der Waals surface area contributed by atoms with Crippen molar-refractivity contribution in [1.29, 1.82) is 0 Å². The van der Waals surface area contributed by atoms with Gasteiger partial charge in [0.05, 0.1) is 21.4 Å². The molecule has 1 aromatic heterocycles. The van der Waals surface area contributed by atoms with Crippen LogP contribution in [0.2, 0.25) is 10.0 Å². The fraction of sp³-hybridized carbons (Fsp3) is 0.519. The Morgan fingerprint density at radius 3 is 2.47 bits per heavy atom. The lowest BCUT2D eigenvalue weighted by Crippen LogP contribution is -2.35. The van der Waals surface area contributed by atoms with E-state index >= 15 is 0 Å². The predicted molar refractivity (Wildman–Crippen MR) is 144 cm³/mol. The Morgan fingerprint density at radius 1 is 1.18 bits per heavy atom. The van der Waals surface area contributed by atoms with E-state index in [2.05, 4.69) is 36.2 Å². The van der Waals surface area contributed by atoms with Crippen LogP contribution in [-0.4, -0.2) is 52.5 Å². The topological polar surface area (TPSA) is 53.3 Å². The first-order valence-electron chi connectivity index (χ1n) is 12.3. The van der Waals surface area contributed by atoms with Crippen molar-refractivity contribution in [3.8, 4) is 5.69 Å². The third-order valence-electron chi connectivity index (χ3n) is 6.35. The molecule has 1 aliphatic rings. The minimum absolute atomic E-state index is 0.510. The molecule has 0 saturated carbocycles. The van der Waals surface area contributed by atoms with Crippen molar-refractivity contribution in [1.82, 2.24) is 20.0 Å². The van der Waals surface area contributed by atoms with E-state index < -0.39 is 5.60 Å². The number of piperidine rings is 1. The zero-order chi connectivity index (χ0) is 24.7. The van der Waals surface area contributed by atoms with Crippen LogP contribution in [0, 0.1) is 0 Å². The number of nitrogens with zero attached hydrogens (tertiary/aromatic N) is 3. The summed E-state index contributed by atoms with van der Waals surface area (Å²) in [5.74, 6) is 0. The van der Waals surface area contributed by atoms with E-state index in [9.17, 15) is 5.11 Å². The van der Waals surface area contributed by atoms with Gasteiger partial charge in [-0.1, -0.05) is 60.3 Å². The predicted octanol–water partition coefficient (Wildman–Crippen LogP) is 6.22. The van der Waals surface area contributed by atoms with Crippen LogP contribution in [0.15, 0.2) is 42.0 Å². The lowest BCUT2D eigenvalue weighted by molar-refractivity contribution is 0.0734. The summed E-state index contributed by atoms with van der Waals surface area (Å²) in [6.45, 7) is 13.0. The maximum Gasteiger partial charge on any atom is 0.103 e. The van der Waals surface area contributed by atoms with Crippen LogP contribution in [0.3, 0.4) is 0 Å². The molecule has 0 amide bonds. The Bertz CT molecular complexity index is 994. The number of halogens is 2. The molecule has 7 heteroatoms. The summed E-state index contributed by atoms with van der Waals surface area (Å²) >= 11 is 13.1. The molecule has 0 spiro atoms.